The number of aryl methyl sites for hydroxylation is 1. The molecule has 1 aliphatic heterocycles. The molecule has 1 saturated heterocycles. The lowest BCUT2D eigenvalue weighted by Gasteiger charge is -2.24. The van der Waals surface area contributed by atoms with Gasteiger partial charge in [0.05, 0.1) is 19.8 Å². The number of nitrogens with one attached hydrogen (secondary N) is 1. The van der Waals surface area contributed by atoms with Crippen molar-refractivity contribution < 1.29 is 9.47 Å². The van der Waals surface area contributed by atoms with E-state index in [9.17, 15) is 0 Å². The van der Waals surface area contributed by atoms with Crippen LogP contribution in [0.2, 0.25) is 0 Å². The number of hydrogen-bond acceptors (Lipinski definition) is 3. The number of ether oxygens (including phenoxy) is 2. The Morgan fingerprint density at radius 1 is 1.41 bits per heavy atom. The van der Waals surface area contributed by atoms with Crippen LogP contribution in [0.1, 0.15) is 18.9 Å². The maximum Gasteiger partial charge on any atom is 0.122 e. The highest BCUT2D eigenvalue weighted by molar-refractivity contribution is 5.33. The number of rotatable bonds is 5. The lowest BCUT2D eigenvalue weighted by molar-refractivity contribution is 0.0743. The summed E-state index contributed by atoms with van der Waals surface area (Å²) >= 11 is 0. The van der Waals surface area contributed by atoms with Crippen LogP contribution in [0.15, 0.2) is 24.3 Å². The Kier molecular flexibility index (Phi) is 4.83. The summed E-state index contributed by atoms with van der Waals surface area (Å²) in [6.45, 7) is 5.38. The summed E-state index contributed by atoms with van der Waals surface area (Å²) in [4.78, 5) is 0. The topological polar surface area (TPSA) is 30.5 Å². The molecule has 3 heteroatoms. The highest BCUT2D eigenvalue weighted by atomic mass is 16.5. The summed E-state index contributed by atoms with van der Waals surface area (Å²) < 4.78 is 11.1. The van der Waals surface area contributed by atoms with Crippen molar-refractivity contribution in [2.75, 3.05) is 26.4 Å². The first-order valence-electron chi connectivity index (χ1n) is 6.42. The van der Waals surface area contributed by atoms with Crippen LogP contribution in [0.3, 0.4) is 0 Å². The van der Waals surface area contributed by atoms with Gasteiger partial charge in [-0.15, -0.1) is 0 Å². The van der Waals surface area contributed by atoms with E-state index in [1.54, 1.807) is 0 Å². The van der Waals surface area contributed by atoms with Crippen molar-refractivity contribution in [2.24, 2.45) is 0 Å². The highest BCUT2D eigenvalue weighted by Crippen LogP contribution is 2.20. The van der Waals surface area contributed by atoms with E-state index >= 15 is 0 Å². The van der Waals surface area contributed by atoms with Gasteiger partial charge in [-0.1, -0.05) is 18.2 Å². The quantitative estimate of drug-likeness (QED) is 0.847. The zero-order valence-electron chi connectivity index (χ0n) is 10.4. The molecule has 3 nitrogen and oxygen atoms in total. The fraction of sp³-hybridized carbons (Fsp3) is 0.571. The van der Waals surface area contributed by atoms with Crippen molar-refractivity contribution in [1.82, 2.24) is 5.32 Å². The van der Waals surface area contributed by atoms with Gasteiger partial charge >= 0.3 is 0 Å². The van der Waals surface area contributed by atoms with Crippen molar-refractivity contribution in [3.8, 4) is 5.75 Å². The van der Waals surface area contributed by atoms with Crippen LogP contribution in [0.4, 0.5) is 0 Å². The van der Waals surface area contributed by atoms with Gasteiger partial charge in [-0.05, 0) is 31.4 Å². The van der Waals surface area contributed by atoms with Gasteiger partial charge in [0.25, 0.3) is 0 Å². The van der Waals surface area contributed by atoms with Gasteiger partial charge in [0.15, 0.2) is 0 Å². The molecular formula is C14H21NO2. The molecule has 1 aromatic rings. The molecule has 2 rings (SSSR count). The first-order valence-corrected chi connectivity index (χ1v) is 6.42. The Hall–Kier alpha value is -1.06. The second kappa shape index (κ2) is 6.62. The van der Waals surface area contributed by atoms with Crippen LogP contribution in [0, 0.1) is 0 Å². The third-order valence-electron chi connectivity index (χ3n) is 3.03. The van der Waals surface area contributed by atoms with Gasteiger partial charge in [-0.3, -0.25) is 0 Å². The Balaban J connectivity index is 1.88. The molecule has 17 heavy (non-hydrogen) atoms. The Labute approximate surface area is 103 Å². The van der Waals surface area contributed by atoms with E-state index in [0.29, 0.717) is 6.04 Å². The molecule has 1 N–H and O–H groups in total. The van der Waals surface area contributed by atoms with Crippen LogP contribution in [-0.4, -0.2) is 32.4 Å². The predicted molar refractivity (Wildman–Crippen MR) is 68.5 cm³/mol. The molecule has 0 spiro atoms. The Bertz CT molecular complexity index is 335. The maximum absolute atomic E-state index is 5.63. The van der Waals surface area contributed by atoms with Crippen LogP contribution in [0.25, 0.3) is 0 Å². The molecule has 0 saturated carbocycles. The van der Waals surface area contributed by atoms with E-state index in [1.807, 2.05) is 19.1 Å². The van der Waals surface area contributed by atoms with Gasteiger partial charge in [-0.25, -0.2) is 0 Å². The minimum absolute atomic E-state index is 0.485. The van der Waals surface area contributed by atoms with Crippen LogP contribution >= 0.6 is 0 Å². The summed E-state index contributed by atoms with van der Waals surface area (Å²) in [7, 11) is 0. The average molecular weight is 235 g/mol. The zero-order chi connectivity index (χ0) is 11.9. The normalized spacial score (nSPS) is 20.2. The second-order valence-corrected chi connectivity index (χ2v) is 4.31. The van der Waals surface area contributed by atoms with E-state index in [4.69, 9.17) is 9.47 Å². The van der Waals surface area contributed by atoms with Gasteiger partial charge < -0.3 is 14.8 Å². The smallest absolute Gasteiger partial charge is 0.122 e. The molecule has 1 aliphatic rings. The van der Waals surface area contributed by atoms with E-state index in [1.165, 1.54) is 5.56 Å². The molecule has 1 heterocycles. The molecule has 94 valence electrons. The highest BCUT2D eigenvalue weighted by Gasteiger charge is 2.13. The second-order valence-electron chi connectivity index (χ2n) is 4.31. The molecule has 1 unspecified atom stereocenters. The van der Waals surface area contributed by atoms with Crippen molar-refractivity contribution >= 4 is 0 Å². The minimum Gasteiger partial charge on any atom is -0.494 e. The van der Waals surface area contributed by atoms with E-state index in [-0.39, 0.29) is 0 Å². The molecule has 0 bridgehead atoms. The lowest BCUT2D eigenvalue weighted by atomic mass is 10.0. The van der Waals surface area contributed by atoms with Crippen LogP contribution in [-0.2, 0) is 11.2 Å². The van der Waals surface area contributed by atoms with Gasteiger partial charge in [0, 0.05) is 12.6 Å². The zero-order valence-corrected chi connectivity index (χ0v) is 10.4. The molecule has 0 radical (unpaired) electrons. The minimum atomic E-state index is 0.485. The summed E-state index contributed by atoms with van der Waals surface area (Å²) in [5, 5.41) is 3.47. The predicted octanol–water partition coefficient (Wildman–Crippen LogP) is 2.01. The van der Waals surface area contributed by atoms with Crippen molar-refractivity contribution in [1.29, 1.82) is 0 Å². The number of morpholine rings is 1. The van der Waals surface area contributed by atoms with Gasteiger partial charge in [-0.2, -0.15) is 0 Å². The molecule has 0 amide bonds. The number of benzene rings is 1. The molecule has 1 atom stereocenters. The average Bonchev–Trinajstić information content (AvgIpc) is 2.39. The van der Waals surface area contributed by atoms with E-state index in [0.717, 1.165) is 45.0 Å². The molecule has 0 aliphatic carbocycles. The van der Waals surface area contributed by atoms with Gasteiger partial charge in [0.2, 0.25) is 0 Å². The summed E-state index contributed by atoms with van der Waals surface area (Å²) in [5.74, 6) is 1.02. The fourth-order valence-corrected chi connectivity index (χ4v) is 2.14. The van der Waals surface area contributed by atoms with Crippen molar-refractivity contribution in [3.05, 3.63) is 29.8 Å². The third-order valence-corrected chi connectivity index (χ3v) is 3.03. The van der Waals surface area contributed by atoms with E-state index in [2.05, 4.69) is 17.4 Å². The van der Waals surface area contributed by atoms with Crippen molar-refractivity contribution in [2.45, 2.75) is 25.8 Å². The first kappa shape index (κ1) is 12.4. The number of hydrogen-bond donors (Lipinski definition) is 1. The molecule has 0 aromatic heterocycles. The van der Waals surface area contributed by atoms with E-state index < -0.39 is 0 Å². The maximum atomic E-state index is 5.63. The molecular weight excluding hydrogens is 214 g/mol. The Morgan fingerprint density at radius 2 is 2.29 bits per heavy atom. The van der Waals surface area contributed by atoms with Gasteiger partial charge in [0.1, 0.15) is 5.75 Å². The van der Waals surface area contributed by atoms with Crippen molar-refractivity contribution in [3.63, 3.8) is 0 Å². The number of para-hydroxylation sites is 1. The Morgan fingerprint density at radius 3 is 3.06 bits per heavy atom. The lowest BCUT2D eigenvalue weighted by Crippen LogP contribution is -2.41. The summed E-state index contributed by atoms with van der Waals surface area (Å²) in [5.41, 5.74) is 1.29. The summed E-state index contributed by atoms with van der Waals surface area (Å²) in [6.07, 6.45) is 2.14. The van der Waals surface area contributed by atoms with Crippen LogP contribution < -0.4 is 10.1 Å². The first-order chi connectivity index (χ1) is 8.40. The largest absolute Gasteiger partial charge is 0.494 e. The third kappa shape index (κ3) is 3.72. The molecule has 1 aromatic carbocycles. The SMILES string of the molecule is CCOc1ccccc1CCC1COCCN1. The van der Waals surface area contributed by atoms with Crippen LogP contribution in [0.5, 0.6) is 5.75 Å². The monoisotopic (exact) mass is 235 g/mol. The molecule has 1 fully saturated rings. The fourth-order valence-electron chi connectivity index (χ4n) is 2.14. The summed E-state index contributed by atoms with van der Waals surface area (Å²) in [6, 6.07) is 8.77. The standard InChI is InChI=1S/C14H21NO2/c1-2-17-14-6-4-3-5-12(14)7-8-13-11-16-10-9-15-13/h3-6,13,15H,2,7-11H2,1H3.